The summed E-state index contributed by atoms with van der Waals surface area (Å²) >= 11 is 0. The molecule has 0 aliphatic carbocycles. The molecule has 1 heterocycles. The maximum absolute atomic E-state index is 12.2. The summed E-state index contributed by atoms with van der Waals surface area (Å²) in [6.45, 7) is 8.60. The van der Waals surface area contributed by atoms with Gasteiger partial charge in [0.25, 0.3) is 0 Å². The number of esters is 1. The van der Waals surface area contributed by atoms with Gasteiger partial charge in [-0.05, 0) is 26.3 Å². The molecular weight excluding hydrogens is 252 g/mol. The molecule has 0 aromatic rings. The van der Waals surface area contributed by atoms with Crippen LogP contribution in [0.5, 0.6) is 0 Å². The SMILES string of the molecule is CCCCCCCC(C(=O)OCC)N1CCCNCC1. The van der Waals surface area contributed by atoms with E-state index in [0.717, 1.165) is 45.4 Å². The van der Waals surface area contributed by atoms with Gasteiger partial charge in [-0.3, -0.25) is 9.69 Å². The van der Waals surface area contributed by atoms with E-state index in [4.69, 9.17) is 4.74 Å². The average Bonchev–Trinajstić information content (AvgIpc) is 2.72. The molecule has 1 aliphatic rings. The van der Waals surface area contributed by atoms with Gasteiger partial charge < -0.3 is 10.1 Å². The van der Waals surface area contributed by atoms with Crippen LogP contribution in [0.15, 0.2) is 0 Å². The standard InChI is InChI=1S/C16H32N2O2/c1-3-5-6-7-8-10-15(16(19)20-4-2)18-13-9-11-17-12-14-18/h15,17H,3-14H2,1-2H3. The molecule has 4 heteroatoms. The average molecular weight is 284 g/mol. The number of nitrogens with zero attached hydrogens (tertiary/aromatic N) is 1. The summed E-state index contributed by atoms with van der Waals surface area (Å²) in [5, 5.41) is 3.39. The number of carbonyl (C=O) groups is 1. The molecule has 0 amide bonds. The predicted molar refractivity (Wildman–Crippen MR) is 82.9 cm³/mol. The molecule has 1 atom stereocenters. The highest BCUT2D eigenvalue weighted by Crippen LogP contribution is 2.14. The first-order valence-corrected chi connectivity index (χ1v) is 8.41. The normalized spacial score (nSPS) is 18.5. The monoisotopic (exact) mass is 284 g/mol. The van der Waals surface area contributed by atoms with Crippen molar-refractivity contribution in [2.24, 2.45) is 0 Å². The van der Waals surface area contributed by atoms with Crippen LogP contribution in [0.1, 0.15) is 58.8 Å². The van der Waals surface area contributed by atoms with Crippen molar-refractivity contribution >= 4 is 5.97 Å². The fourth-order valence-electron chi connectivity index (χ4n) is 2.81. The molecule has 0 saturated carbocycles. The van der Waals surface area contributed by atoms with Crippen molar-refractivity contribution in [3.8, 4) is 0 Å². The first-order valence-electron chi connectivity index (χ1n) is 8.41. The van der Waals surface area contributed by atoms with Crippen LogP contribution in [0.2, 0.25) is 0 Å². The van der Waals surface area contributed by atoms with Crippen molar-refractivity contribution < 1.29 is 9.53 Å². The van der Waals surface area contributed by atoms with Crippen molar-refractivity contribution in [1.29, 1.82) is 0 Å². The van der Waals surface area contributed by atoms with Crippen LogP contribution >= 0.6 is 0 Å². The first kappa shape index (κ1) is 17.4. The van der Waals surface area contributed by atoms with E-state index in [9.17, 15) is 4.79 Å². The van der Waals surface area contributed by atoms with E-state index in [1.54, 1.807) is 0 Å². The minimum atomic E-state index is -0.0310. The van der Waals surface area contributed by atoms with Gasteiger partial charge in [0.05, 0.1) is 6.61 Å². The molecule has 1 unspecified atom stereocenters. The van der Waals surface area contributed by atoms with Crippen LogP contribution < -0.4 is 5.32 Å². The van der Waals surface area contributed by atoms with Crippen LogP contribution in [0.25, 0.3) is 0 Å². The summed E-state index contributed by atoms with van der Waals surface area (Å²) in [5.41, 5.74) is 0. The van der Waals surface area contributed by atoms with Gasteiger partial charge in [0.15, 0.2) is 0 Å². The molecular formula is C16H32N2O2. The Bertz CT molecular complexity index is 251. The molecule has 0 aromatic carbocycles. The second-order valence-corrected chi connectivity index (χ2v) is 5.61. The second-order valence-electron chi connectivity index (χ2n) is 5.61. The Morgan fingerprint density at radius 1 is 1.15 bits per heavy atom. The number of carbonyl (C=O) groups excluding carboxylic acids is 1. The third-order valence-electron chi connectivity index (χ3n) is 3.96. The third-order valence-corrected chi connectivity index (χ3v) is 3.96. The third kappa shape index (κ3) is 6.71. The van der Waals surface area contributed by atoms with Gasteiger partial charge >= 0.3 is 5.97 Å². The molecule has 118 valence electrons. The predicted octanol–water partition coefficient (Wildman–Crippen LogP) is 2.57. The Hall–Kier alpha value is -0.610. The summed E-state index contributed by atoms with van der Waals surface area (Å²) in [5.74, 6) is -0.0232. The van der Waals surface area contributed by atoms with Crippen LogP contribution in [-0.2, 0) is 9.53 Å². The van der Waals surface area contributed by atoms with Crippen molar-refractivity contribution in [2.75, 3.05) is 32.8 Å². The zero-order valence-electron chi connectivity index (χ0n) is 13.3. The van der Waals surface area contributed by atoms with E-state index in [0.29, 0.717) is 6.61 Å². The van der Waals surface area contributed by atoms with E-state index in [1.165, 1.54) is 25.7 Å². The topological polar surface area (TPSA) is 41.6 Å². The number of ether oxygens (including phenoxy) is 1. The summed E-state index contributed by atoms with van der Waals surface area (Å²) in [6.07, 6.45) is 8.28. The first-order chi connectivity index (χ1) is 9.79. The minimum absolute atomic E-state index is 0.0232. The van der Waals surface area contributed by atoms with Crippen molar-refractivity contribution in [2.45, 2.75) is 64.8 Å². The second kappa shape index (κ2) is 11.1. The largest absolute Gasteiger partial charge is 0.465 e. The number of rotatable bonds is 9. The molecule has 20 heavy (non-hydrogen) atoms. The van der Waals surface area contributed by atoms with Gasteiger partial charge in [-0.15, -0.1) is 0 Å². The summed E-state index contributed by atoms with van der Waals surface area (Å²) in [4.78, 5) is 14.5. The molecule has 0 radical (unpaired) electrons. The Morgan fingerprint density at radius 2 is 1.95 bits per heavy atom. The summed E-state index contributed by atoms with van der Waals surface area (Å²) in [6, 6.07) is -0.0310. The molecule has 1 rings (SSSR count). The van der Waals surface area contributed by atoms with Crippen molar-refractivity contribution in [3.05, 3.63) is 0 Å². The lowest BCUT2D eigenvalue weighted by Crippen LogP contribution is -2.44. The number of hydrogen-bond acceptors (Lipinski definition) is 4. The quantitative estimate of drug-likeness (QED) is 0.522. The lowest BCUT2D eigenvalue weighted by atomic mass is 10.0. The lowest BCUT2D eigenvalue weighted by molar-refractivity contribution is -0.149. The van der Waals surface area contributed by atoms with E-state index < -0.39 is 0 Å². The molecule has 0 bridgehead atoms. The molecule has 1 saturated heterocycles. The molecule has 1 fully saturated rings. The van der Waals surface area contributed by atoms with Gasteiger partial charge in [-0.25, -0.2) is 0 Å². The van der Waals surface area contributed by atoms with E-state index in [1.807, 2.05) is 6.92 Å². The maximum Gasteiger partial charge on any atom is 0.323 e. The van der Waals surface area contributed by atoms with Crippen LogP contribution in [-0.4, -0.2) is 49.7 Å². The summed E-state index contributed by atoms with van der Waals surface area (Å²) < 4.78 is 5.28. The Labute approximate surface area is 124 Å². The van der Waals surface area contributed by atoms with Crippen LogP contribution in [0.3, 0.4) is 0 Å². The number of unbranched alkanes of at least 4 members (excludes halogenated alkanes) is 4. The highest BCUT2D eigenvalue weighted by atomic mass is 16.5. The maximum atomic E-state index is 12.2. The van der Waals surface area contributed by atoms with Gasteiger partial charge in [0.2, 0.25) is 0 Å². The van der Waals surface area contributed by atoms with Gasteiger partial charge in [0.1, 0.15) is 6.04 Å². The fraction of sp³-hybridized carbons (Fsp3) is 0.938. The number of hydrogen-bond donors (Lipinski definition) is 1. The Balaban J connectivity index is 2.43. The van der Waals surface area contributed by atoms with E-state index >= 15 is 0 Å². The van der Waals surface area contributed by atoms with Gasteiger partial charge in [0, 0.05) is 19.6 Å². The smallest absolute Gasteiger partial charge is 0.323 e. The molecule has 1 N–H and O–H groups in total. The van der Waals surface area contributed by atoms with Gasteiger partial charge in [-0.2, -0.15) is 0 Å². The molecule has 4 nitrogen and oxygen atoms in total. The summed E-state index contributed by atoms with van der Waals surface area (Å²) in [7, 11) is 0. The van der Waals surface area contributed by atoms with Crippen molar-refractivity contribution in [3.63, 3.8) is 0 Å². The zero-order chi connectivity index (χ0) is 14.6. The minimum Gasteiger partial charge on any atom is -0.465 e. The van der Waals surface area contributed by atoms with Crippen LogP contribution in [0.4, 0.5) is 0 Å². The van der Waals surface area contributed by atoms with Crippen LogP contribution in [0, 0.1) is 0 Å². The highest BCUT2D eigenvalue weighted by molar-refractivity contribution is 5.75. The van der Waals surface area contributed by atoms with Gasteiger partial charge in [-0.1, -0.05) is 39.0 Å². The molecule has 1 aliphatic heterocycles. The molecule has 0 spiro atoms. The lowest BCUT2D eigenvalue weighted by Gasteiger charge is -2.28. The van der Waals surface area contributed by atoms with E-state index in [2.05, 4.69) is 17.1 Å². The molecule has 0 aromatic heterocycles. The zero-order valence-corrected chi connectivity index (χ0v) is 13.3. The fourth-order valence-corrected chi connectivity index (χ4v) is 2.81. The highest BCUT2D eigenvalue weighted by Gasteiger charge is 2.26. The Morgan fingerprint density at radius 3 is 2.70 bits per heavy atom. The number of nitrogens with one attached hydrogen (secondary N) is 1. The Kier molecular flexibility index (Phi) is 9.67. The van der Waals surface area contributed by atoms with E-state index in [-0.39, 0.29) is 12.0 Å². The van der Waals surface area contributed by atoms with Crippen molar-refractivity contribution in [1.82, 2.24) is 10.2 Å².